The van der Waals surface area contributed by atoms with Crippen LogP contribution in [0.2, 0.25) is 0 Å². The van der Waals surface area contributed by atoms with Crippen molar-refractivity contribution in [2.24, 2.45) is 0 Å². The molecule has 1 aromatic carbocycles. The van der Waals surface area contributed by atoms with Crippen molar-refractivity contribution in [3.63, 3.8) is 0 Å². The van der Waals surface area contributed by atoms with Gasteiger partial charge in [-0.25, -0.2) is 14.4 Å². The molecule has 0 N–H and O–H groups in total. The van der Waals surface area contributed by atoms with E-state index in [-0.39, 0.29) is 5.82 Å². The number of rotatable bonds is 3. The van der Waals surface area contributed by atoms with E-state index in [0.717, 1.165) is 17.3 Å². The van der Waals surface area contributed by atoms with Crippen LogP contribution in [-0.2, 0) is 12.7 Å². The summed E-state index contributed by atoms with van der Waals surface area (Å²) >= 11 is 0. The maximum atomic E-state index is 13.4. The highest BCUT2D eigenvalue weighted by atomic mass is 19.4. The monoisotopic (exact) mass is 391 g/mol. The zero-order chi connectivity index (χ0) is 19.7. The van der Waals surface area contributed by atoms with Crippen LogP contribution in [0, 0.1) is 5.82 Å². The summed E-state index contributed by atoms with van der Waals surface area (Å²) in [5, 5.41) is 0.779. The SMILES string of the molecule is Fc1ccc2c(N3CCN(Cc4ccnc(C(F)(F)F)c4)CC3)ncnc2c1. The second kappa shape index (κ2) is 7.31. The number of hydrogen-bond donors (Lipinski definition) is 0. The van der Waals surface area contributed by atoms with E-state index in [4.69, 9.17) is 0 Å². The van der Waals surface area contributed by atoms with Gasteiger partial charge in [0.25, 0.3) is 0 Å². The van der Waals surface area contributed by atoms with E-state index in [1.165, 1.54) is 24.7 Å². The fourth-order valence-electron chi connectivity index (χ4n) is 3.37. The number of alkyl halides is 3. The number of pyridine rings is 1. The smallest absolute Gasteiger partial charge is 0.353 e. The van der Waals surface area contributed by atoms with E-state index < -0.39 is 11.9 Å². The Morgan fingerprint density at radius 1 is 0.929 bits per heavy atom. The molecule has 1 aliphatic heterocycles. The summed E-state index contributed by atoms with van der Waals surface area (Å²) in [5.74, 6) is 0.394. The van der Waals surface area contributed by atoms with Gasteiger partial charge in [-0.1, -0.05) is 0 Å². The Kier molecular flexibility index (Phi) is 4.84. The van der Waals surface area contributed by atoms with Crippen molar-refractivity contribution >= 4 is 16.7 Å². The fraction of sp³-hybridized carbons (Fsp3) is 0.316. The van der Waals surface area contributed by atoms with Gasteiger partial charge in [0.1, 0.15) is 23.7 Å². The van der Waals surface area contributed by atoms with Gasteiger partial charge in [-0.15, -0.1) is 0 Å². The maximum absolute atomic E-state index is 13.4. The molecular weight excluding hydrogens is 374 g/mol. The van der Waals surface area contributed by atoms with Crippen molar-refractivity contribution in [3.8, 4) is 0 Å². The largest absolute Gasteiger partial charge is 0.433 e. The van der Waals surface area contributed by atoms with Crippen molar-refractivity contribution < 1.29 is 17.6 Å². The van der Waals surface area contributed by atoms with Crippen molar-refractivity contribution in [1.82, 2.24) is 19.9 Å². The molecule has 0 aliphatic carbocycles. The second-order valence-electron chi connectivity index (χ2n) is 6.67. The van der Waals surface area contributed by atoms with Gasteiger partial charge < -0.3 is 4.90 Å². The lowest BCUT2D eigenvalue weighted by atomic mass is 10.1. The first-order valence-electron chi connectivity index (χ1n) is 8.80. The molecule has 0 unspecified atom stereocenters. The minimum absolute atomic E-state index is 0.349. The summed E-state index contributed by atoms with van der Waals surface area (Å²) in [6.07, 6.45) is -1.83. The van der Waals surface area contributed by atoms with Crippen LogP contribution in [0.25, 0.3) is 10.9 Å². The van der Waals surface area contributed by atoms with Gasteiger partial charge in [0, 0.05) is 50.4 Å². The highest BCUT2D eigenvalue weighted by molar-refractivity contribution is 5.89. The van der Waals surface area contributed by atoms with Crippen molar-refractivity contribution in [1.29, 1.82) is 0 Å². The van der Waals surface area contributed by atoms with E-state index in [1.54, 1.807) is 12.1 Å². The highest BCUT2D eigenvalue weighted by Gasteiger charge is 2.32. The van der Waals surface area contributed by atoms with Crippen LogP contribution in [0.1, 0.15) is 11.3 Å². The summed E-state index contributed by atoms with van der Waals surface area (Å²) in [7, 11) is 0. The van der Waals surface area contributed by atoms with Crippen LogP contribution in [0.15, 0.2) is 42.9 Å². The molecule has 0 spiro atoms. The number of benzene rings is 1. The Hall–Kier alpha value is -2.81. The Labute approximate surface area is 158 Å². The van der Waals surface area contributed by atoms with E-state index >= 15 is 0 Å². The molecule has 2 aromatic heterocycles. The lowest BCUT2D eigenvalue weighted by Gasteiger charge is -2.35. The zero-order valence-corrected chi connectivity index (χ0v) is 14.8. The van der Waals surface area contributed by atoms with Gasteiger partial charge in [0.2, 0.25) is 0 Å². The van der Waals surface area contributed by atoms with Gasteiger partial charge in [0.05, 0.1) is 5.52 Å². The average Bonchev–Trinajstić information content (AvgIpc) is 2.67. The number of anilines is 1. The number of halogens is 4. The zero-order valence-electron chi connectivity index (χ0n) is 14.8. The number of aromatic nitrogens is 3. The minimum atomic E-state index is -4.44. The van der Waals surface area contributed by atoms with Gasteiger partial charge in [-0.2, -0.15) is 13.2 Å². The third-order valence-corrected chi connectivity index (χ3v) is 4.77. The van der Waals surface area contributed by atoms with Gasteiger partial charge in [0.15, 0.2) is 0 Å². The molecule has 5 nitrogen and oxygen atoms in total. The molecule has 0 radical (unpaired) electrons. The molecule has 28 heavy (non-hydrogen) atoms. The van der Waals surface area contributed by atoms with Crippen LogP contribution in [0.4, 0.5) is 23.4 Å². The predicted octanol–water partition coefficient (Wildman–Crippen LogP) is 3.50. The molecular formula is C19H17F4N5. The normalized spacial score (nSPS) is 15.9. The Morgan fingerprint density at radius 2 is 1.71 bits per heavy atom. The first kappa shape index (κ1) is 18.5. The number of nitrogens with zero attached hydrogens (tertiary/aromatic N) is 5. The quantitative estimate of drug-likeness (QED) is 0.640. The van der Waals surface area contributed by atoms with E-state index in [2.05, 4.69) is 24.8 Å². The number of piperazine rings is 1. The summed E-state index contributed by atoms with van der Waals surface area (Å²) in [5.41, 5.74) is 0.256. The first-order chi connectivity index (χ1) is 13.4. The summed E-state index contributed by atoms with van der Waals surface area (Å²) < 4.78 is 51.9. The minimum Gasteiger partial charge on any atom is -0.353 e. The highest BCUT2D eigenvalue weighted by Crippen LogP contribution is 2.28. The summed E-state index contributed by atoms with van der Waals surface area (Å²) in [6.45, 7) is 3.11. The molecule has 0 amide bonds. The van der Waals surface area contributed by atoms with Crippen LogP contribution in [-0.4, -0.2) is 46.0 Å². The molecule has 0 saturated carbocycles. The molecule has 3 aromatic rings. The molecule has 4 rings (SSSR count). The van der Waals surface area contributed by atoms with Gasteiger partial charge in [-0.05, 0) is 29.8 Å². The Bertz CT molecular complexity index is 983. The van der Waals surface area contributed by atoms with Crippen molar-refractivity contribution in [3.05, 3.63) is 59.9 Å². The van der Waals surface area contributed by atoms with Gasteiger partial charge >= 0.3 is 6.18 Å². The van der Waals surface area contributed by atoms with Crippen LogP contribution in [0.5, 0.6) is 0 Å². The molecule has 1 saturated heterocycles. The Balaban J connectivity index is 1.44. The standard InChI is InChI=1S/C19H17F4N5/c20-14-1-2-15-16(10-14)25-12-26-18(15)28-7-5-27(6-8-28)11-13-3-4-24-17(9-13)19(21,22)23/h1-4,9-10,12H,5-8,11H2. The molecule has 0 atom stereocenters. The van der Waals surface area contributed by atoms with Crippen molar-refractivity contribution in [2.75, 3.05) is 31.1 Å². The fourth-order valence-corrected chi connectivity index (χ4v) is 3.37. The molecule has 1 fully saturated rings. The molecule has 9 heteroatoms. The summed E-state index contributed by atoms with van der Waals surface area (Å²) in [6, 6.07) is 7.13. The first-order valence-corrected chi connectivity index (χ1v) is 8.80. The number of hydrogen-bond acceptors (Lipinski definition) is 5. The lowest BCUT2D eigenvalue weighted by molar-refractivity contribution is -0.141. The third-order valence-electron chi connectivity index (χ3n) is 4.77. The molecule has 3 heterocycles. The van der Waals surface area contributed by atoms with Crippen molar-refractivity contribution in [2.45, 2.75) is 12.7 Å². The van der Waals surface area contributed by atoms with E-state index in [1.807, 2.05) is 0 Å². The lowest BCUT2D eigenvalue weighted by Crippen LogP contribution is -2.46. The second-order valence-corrected chi connectivity index (χ2v) is 6.67. The topological polar surface area (TPSA) is 45.2 Å². The van der Waals surface area contributed by atoms with E-state index in [9.17, 15) is 17.6 Å². The predicted molar refractivity (Wildman–Crippen MR) is 96.2 cm³/mol. The molecule has 146 valence electrons. The number of fused-ring (bicyclic) bond motifs is 1. The van der Waals surface area contributed by atoms with E-state index in [0.29, 0.717) is 43.8 Å². The van der Waals surface area contributed by atoms with Gasteiger partial charge in [-0.3, -0.25) is 9.88 Å². The average molecular weight is 391 g/mol. The molecule has 0 bridgehead atoms. The third kappa shape index (κ3) is 3.89. The van der Waals surface area contributed by atoms with Crippen LogP contribution < -0.4 is 4.90 Å². The Morgan fingerprint density at radius 3 is 2.46 bits per heavy atom. The molecule has 1 aliphatic rings. The summed E-state index contributed by atoms with van der Waals surface area (Å²) in [4.78, 5) is 16.0. The van der Waals surface area contributed by atoms with Crippen LogP contribution >= 0.6 is 0 Å². The van der Waals surface area contributed by atoms with Crippen LogP contribution in [0.3, 0.4) is 0 Å². The maximum Gasteiger partial charge on any atom is 0.433 e.